The minimum Gasteiger partial charge on any atom is -0.377 e. The molecule has 0 unspecified atom stereocenters. The van der Waals surface area contributed by atoms with Gasteiger partial charge in [-0.25, -0.2) is 0 Å². The van der Waals surface area contributed by atoms with Crippen LogP contribution in [0.2, 0.25) is 19.1 Å². The fraction of sp³-hybridized carbons (Fsp3) is 0.833. The van der Waals surface area contributed by atoms with E-state index in [2.05, 4.69) is 19.7 Å². The van der Waals surface area contributed by atoms with Crippen molar-refractivity contribution in [2.24, 2.45) is 0 Å². The standard InChI is InChI=1S/C12H25ClOSi/c1-12(2)11-14-9-7-5-6-8-10-15(3,4)13/h1,5-11H2,2-4H3. The van der Waals surface area contributed by atoms with E-state index in [0.29, 0.717) is 6.61 Å². The summed E-state index contributed by atoms with van der Waals surface area (Å²) in [6.07, 6.45) is 5.00. The van der Waals surface area contributed by atoms with E-state index in [-0.39, 0.29) is 0 Å². The molecule has 3 heteroatoms. The third-order valence-corrected chi connectivity index (χ3v) is 4.27. The van der Waals surface area contributed by atoms with Gasteiger partial charge in [-0.05, 0) is 19.4 Å². The molecule has 0 amide bonds. The molecule has 15 heavy (non-hydrogen) atoms. The van der Waals surface area contributed by atoms with E-state index in [9.17, 15) is 0 Å². The number of rotatable bonds is 9. The Labute approximate surface area is 101 Å². The molecule has 0 bridgehead atoms. The maximum atomic E-state index is 6.24. The van der Waals surface area contributed by atoms with Crippen LogP contribution in [-0.4, -0.2) is 20.6 Å². The molecular formula is C12H25ClOSi. The summed E-state index contributed by atoms with van der Waals surface area (Å²) in [7, 11) is -1.32. The zero-order valence-electron chi connectivity index (χ0n) is 10.4. The highest BCUT2D eigenvalue weighted by Gasteiger charge is 2.15. The van der Waals surface area contributed by atoms with E-state index < -0.39 is 7.38 Å². The summed E-state index contributed by atoms with van der Waals surface area (Å²) in [4.78, 5) is 0. The Balaban J connectivity index is 3.09. The lowest BCUT2D eigenvalue weighted by Gasteiger charge is -2.11. The zero-order chi connectivity index (χ0) is 11.7. The molecule has 0 aromatic carbocycles. The third kappa shape index (κ3) is 14.2. The molecule has 0 aliphatic heterocycles. The smallest absolute Gasteiger partial charge is 0.150 e. The van der Waals surface area contributed by atoms with E-state index in [1.807, 2.05) is 6.92 Å². The first-order chi connectivity index (χ1) is 6.92. The van der Waals surface area contributed by atoms with E-state index in [1.165, 1.54) is 25.3 Å². The lowest BCUT2D eigenvalue weighted by molar-refractivity contribution is 0.151. The van der Waals surface area contributed by atoms with Crippen LogP contribution < -0.4 is 0 Å². The van der Waals surface area contributed by atoms with Gasteiger partial charge in [-0.1, -0.05) is 44.5 Å². The first-order valence-corrected chi connectivity index (χ1v) is 10.0. The SMILES string of the molecule is C=C(C)COCCCCCC[Si](C)(C)Cl. The second-order valence-corrected chi connectivity index (χ2v) is 11.9. The van der Waals surface area contributed by atoms with Gasteiger partial charge < -0.3 is 4.74 Å². The van der Waals surface area contributed by atoms with E-state index in [0.717, 1.165) is 18.6 Å². The molecule has 0 radical (unpaired) electrons. The van der Waals surface area contributed by atoms with Crippen LogP contribution in [0.1, 0.15) is 32.6 Å². The Morgan fingerprint density at radius 1 is 1.20 bits per heavy atom. The van der Waals surface area contributed by atoms with Gasteiger partial charge in [-0.3, -0.25) is 0 Å². The minimum atomic E-state index is -1.32. The van der Waals surface area contributed by atoms with Crippen molar-refractivity contribution in [1.82, 2.24) is 0 Å². The largest absolute Gasteiger partial charge is 0.377 e. The maximum Gasteiger partial charge on any atom is 0.150 e. The van der Waals surface area contributed by atoms with E-state index in [1.54, 1.807) is 0 Å². The number of halogens is 1. The van der Waals surface area contributed by atoms with Gasteiger partial charge in [0.15, 0.2) is 0 Å². The van der Waals surface area contributed by atoms with Crippen molar-refractivity contribution in [1.29, 1.82) is 0 Å². The lowest BCUT2D eigenvalue weighted by atomic mass is 10.2. The van der Waals surface area contributed by atoms with Crippen LogP contribution in [0.4, 0.5) is 0 Å². The Bertz CT molecular complexity index is 175. The van der Waals surface area contributed by atoms with Crippen molar-refractivity contribution in [2.45, 2.75) is 51.7 Å². The molecule has 0 fully saturated rings. The van der Waals surface area contributed by atoms with Crippen LogP contribution >= 0.6 is 11.1 Å². The second-order valence-electron chi connectivity index (χ2n) is 4.89. The fourth-order valence-electron chi connectivity index (χ4n) is 1.35. The summed E-state index contributed by atoms with van der Waals surface area (Å²) in [6.45, 7) is 11.8. The molecule has 0 saturated heterocycles. The lowest BCUT2D eigenvalue weighted by Crippen LogP contribution is -2.14. The highest BCUT2D eigenvalue weighted by Crippen LogP contribution is 2.18. The summed E-state index contributed by atoms with van der Waals surface area (Å²) >= 11 is 6.24. The second kappa shape index (κ2) is 8.37. The fourth-order valence-corrected chi connectivity index (χ4v) is 2.84. The van der Waals surface area contributed by atoms with Crippen LogP contribution in [0.5, 0.6) is 0 Å². The molecule has 0 heterocycles. The molecule has 0 rings (SSSR count). The van der Waals surface area contributed by atoms with Gasteiger partial charge in [-0.15, -0.1) is 0 Å². The molecule has 0 atom stereocenters. The number of hydrogen-bond acceptors (Lipinski definition) is 1. The average molecular weight is 249 g/mol. The Morgan fingerprint density at radius 3 is 2.33 bits per heavy atom. The van der Waals surface area contributed by atoms with Gasteiger partial charge in [0, 0.05) is 6.61 Å². The molecule has 90 valence electrons. The van der Waals surface area contributed by atoms with Gasteiger partial charge in [0.25, 0.3) is 0 Å². The van der Waals surface area contributed by atoms with Crippen molar-refractivity contribution in [3.63, 3.8) is 0 Å². The Kier molecular flexibility index (Phi) is 8.48. The van der Waals surface area contributed by atoms with Crippen molar-refractivity contribution >= 4 is 18.5 Å². The summed E-state index contributed by atoms with van der Waals surface area (Å²) in [6, 6.07) is 1.24. The summed E-state index contributed by atoms with van der Waals surface area (Å²) < 4.78 is 5.43. The van der Waals surface area contributed by atoms with Crippen LogP contribution in [0.25, 0.3) is 0 Å². The highest BCUT2D eigenvalue weighted by atomic mass is 35.6. The monoisotopic (exact) mass is 248 g/mol. The van der Waals surface area contributed by atoms with Gasteiger partial charge >= 0.3 is 0 Å². The predicted octanol–water partition coefficient (Wildman–Crippen LogP) is 4.58. The summed E-state index contributed by atoms with van der Waals surface area (Å²) in [5.74, 6) is 0. The van der Waals surface area contributed by atoms with Crippen LogP contribution in [0.15, 0.2) is 12.2 Å². The van der Waals surface area contributed by atoms with Gasteiger partial charge in [0.1, 0.15) is 7.38 Å². The average Bonchev–Trinajstić information content (AvgIpc) is 2.07. The maximum absolute atomic E-state index is 6.24. The first kappa shape index (κ1) is 15.2. The Hall–Kier alpha value is 0.207. The molecule has 1 nitrogen and oxygen atoms in total. The van der Waals surface area contributed by atoms with Crippen molar-refractivity contribution in [3.8, 4) is 0 Å². The van der Waals surface area contributed by atoms with E-state index in [4.69, 9.17) is 15.8 Å². The highest BCUT2D eigenvalue weighted by molar-refractivity contribution is 7.19. The minimum absolute atomic E-state index is 0.710. The molecule has 0 spiro atoms. The molecule has 0 N–H and O–H groups in total. The topological polar surface area (TPSA) is 9.23 Å². The molecule has 0 aliphatic rings. The summed E-state index contributed by atoms with van der Waals surface area (Å²) in [5, 5.41) is 0. The van der Waals surface area contributed by atoms with Crippen molar-refractivity contribution in [3.05, 3.63) is 12.2 Å². The number of unbranched alkanes of at least 4 members (excludes halogenated alkanes) is 3. The molecule has 0 saturated carbocycles. The number of hydrogen-bond donors (Lipinski definition) is 0. The molecular weight excluding hydrogens is 224 g/mol. The van der Waals surface area contributed by atoms with Crippen LogP contribution in [0, 0.1) is 0 Å². The predicted molar refractivity (Wildman–Crippen MR) is 72.2 cm³/mol. The first-order valence-electron chi connectivity index (χ1n) is 5.83. The molecule has 0 aliphatic carbocycles. The quantitative estimate of drug-likeness (QED) is 0.251. The molecule has 0 aromatic heterocycles. The van der Waals surface area contributed by atoms with Crippen molar-refractivity contribution < 1.29 is 4.74 Å². The molecule has 0 aromatic rings. The number of ether oxygens (including phenoxy) is 1. The third-order valence-electron chi connectivity index (χ3n) is 2.16. The van der Waals surface area contributed by atoms with Crippen LogP contribution in [-0.2, 0) is 4.74 Å². The van der Waals surface area contributed by atoms with Crippen molar-refractivity contribution in [2.75, 3.05) is 13.2 Å². The van der Waals surface area contributed by atoms with Gasteiger partial charge in [-0.2, -0.15) is 11.1 Å². The van der Waals surface area contributed by atoms with Crippen LogP contribution in [0.3, 0.4) is 0 Å². The Morgan fingerprint density at radius 2 is 1.80 bits per heavy atom. The zero-order valence-corrected chi connectivity index (χ0v) is 12.2. The summed E-state index contributed by atoms with van der Waals surface area (Å²) in [5.41, 5.74) is 1.10. The van der Waals surface area contributed by atoms with Gasteiger partial charge in [0.05, 0.1) is 6.61 Å². The normalized spacial score (nSPS) is 11.7. The van der Waals surface area contributed by atoms with Gasteiger partial charge in [0.2, 0.25) is 0 Å². The van der Waals surface area contributed by atoms with E-state index >= 15 is 0 Å².